The van der Waals surface area contributed by atoms with Gasteiger partial charge in [0.25, 0.3) is 0 Å². The summed E-state index contributed by atoms with van der Waals surface area (Å²) in [6, 6.07) is 3.65. The van der Waals surface area contributed by atoms with Crippen LogP contribution >= 0.6 is 0 Å². The minimum absolute atomic E-state index is 0. The first kappa shape index (κ1) is 7.00. The second-order valence-electron chi connectivity index (χ2n) is 0.914. The molecule has 36 valence electrons. The minimum Gasteiger partial charge on any atom is -0.159 e. The van der Waals surface area contributed by atoms with Crippen molar-refractivity contribution < 1.29 is 0 Å². The Morgan fingerprint density at radius 3 is 1.43 bits per heavy atom. The van der Waals surface area contributed by atoms with E-state index in [1.165, 1.54) is 0 Å². The van der Waals surface area contributed by atoms with E-state index in [2.05, 4.69) is 10.2 Å². The molecule has 1 aromatic rings. The number of hydrogen-bond acceptors (Lipinski definition) is 2. The van der Waals surface area contributed by atoms with Crippen LogP contribution in [0.1, 0.15) is 0 Å². The van der Waals surface area contributed by atoms with Gasteiger partial charge in [0.05, 0.1) is 0 Å². The molecule has 3 heteroatoms. The standard InChI is InChI=1S/C4H4N2.Pb.2H/c1-2-4-6-5-3-1;;;/h1-4H;;;. The molecule has 0 fully saturated rings. The van der Waals surface area contributed by atoms with Crippen LogP contribution in [0.3, 0.4) is 0 Å². The zero-order valence-electron chi connectivity index (χ0n) is 3.91. The monoisotopic (exact) mass is 290 g/mol. The summed E-state index contributed by atoms with van der Waals surface area (Å²) in [5.41, 5.74) is 0. The van der Waals surface area contributed by atoms with Gasteiger partial charge in [-0.1, -0.05) is 0 Å². The summed E-state index contributed by atoms with van der Waals surface area (Å²) in [7, 11) is 0. The SMILES string of the molecule is [PbH2].c1ccnnc1. The van der Waals surface area contributed by atoms with Crippen molar-refractivity contribution in [2.75, 3.05) is 0 Å². The van der Waals surface area contributed by atoms with Crippen LogP contribution in [0.15, 0.2) is 24.5 Å². The van der Waals surface area contributed by atoms with Crippen LogP contribution in [-0.2, 0) is 0 Å². The second kappa shape index (κ2) is 4.17. The Labute approximate surface area is 62.1 Å². The van der Waals surface area contributed by atoms with Crippen molar-refractivity contribution in [3.05, 3.63) is 24.5 Å². The largest absolute Gasteiger partial charge is 0.159 e. The molecule has 0 aromatic carbocycles. The van der Waals surface area contributed by atoms with Gasteiger partial charge >= 0.3 is 27.3 Å². The van der Waals surface area contributed by atoms with Gasteiger partial charge in [0.1, 0.15) is 0 Å². The molecule has 0 atom stereocenters. The molecular weight excluding hydrogens is 283 g/mol. The maximum Gasteiger partial charge on any atom is 0.0496 e. The molecule has 0 N–H and O–H groups in total. The van der Waals surface area contributed by atoms with Crippen LogP contribution in [0, 0.1) is 0 Å². The smallest absolute Gasteiger partial charge is 0.0496 e. The number of aromatic nitrogens is 2. The number of nitrogens with zero attached hydrogens (tertiary/aromatic N) is 2. The Kier molecular flexibility index (Phi) is 4.17. The van der Waals surface area contributed by atoms with E-state index in [1.54, 1.807) is 12.4 Å². The summed E-state index contributed by atoms with van der Waals surface area (Å²) < 4.78 is 0. The van der Waals surface area contributed by atoms with E-state index in [9.17, 15) is 0 Å². The first-order valence-electron chi connectivity index (χ1n) is 1.72. The number of hydrogen-bond donors (Lipinski definition) is 0. The van der Waals surface area contributed by atoms with E-state index in [-0.39, 0.29) is 27.3 Å². The quantitative estimate of drug-likeness (QED) is 0.605. The fourth-order valence-corrected chi connectivity index (χ4v) is 0.253. The van der Waals surface area contributed by atoms with Crippen LogP contribution in [0.25, 0.3) is 0 Å². The second-order valence-corrected chi connectivity index (χ2v) is 0.914. The summed E-state index contributed by atoms with van der Waals surface area (Å²) in [6.45, 7) is 0. The van der Waals surface area contributed by atoms with Crippen molar-refractivity contribution in [1.82, 2.24) is 10.2 Å². The minimum atomic E-state index is 0. The van der Waals surface area contributed by atoms with E-state index in [0.29, 0.717) is 0 Å². The molecule has 1 rings (SSSR count). The predicted molar refractivity (Wildman–Crippen MR) is 30.6 cm³/mol. The molecular formula is C4H6N2Pb. The van der Waals surface area contributed by atoms with Crippen molar-refractivity contribution in [3.8, 4) is 0 Å². The van der Waals surface area contributed by atoms with Crippen molar-refractivity contribution in [3.63, 3.8) is 0 Å². The van der Waals surface area contributed by atoms with Gasteiger partial charge in [-0.3, -0.25) is 0 Å². The summed E-state index contributed by atoms with van der Waals surface area (Å²) in [4.78, 5) is 0. The molecule has 0 aliphatic rings. The van der Waals surface area contributed by atoms with Gasteiger partial charge in [-0.05, 0) is 12.1 Å². The maximum atomic E-state index is 3.53. The van der Waals surface area contributed by atoms with Gasteiger partial charge < -0.3 is 0 Å². The van der Waals surface area contributed by atoms with Gasteiger partial charge in [-0.25, -0.2) is 0 Å². The normalized spacial score (nSPS) is 6.86. The molecule has 0 aliphatic heterocycles. The Morgan fingerprint density at radius 2 is 1.29 bits per heavy atom. The zero-order valence-corrected chi connectivity index (χ0v) is 9.41. The molecule has 0 saturated heterocycles. The van der Waals surface area contributed by atoms with Gasteiger partial charge in [0.2, 0.25) is 0 Å². The van der Waals surface area contributed by atoms with Crippen molar-refractivity contribution >= 4 is 27.3 Å². The van der Waals surface area contributed by atoms with E-state index >= 15 is 0 Å². The number of rotatable bonds is 0. The molecule has 0 saturated carbocycles. The van der Waals surface area contributed by atoms with Crippen LogP contribution in [0.5, 0.6) is 0 Å². The van der Waals surface area contributed by atoms with Crippen LogP contribution in [-0.4, -0.2) is 37.5 Å². The van der Waals surface area contributed by atoms with E-state index in [0.717, 1.165) is 0 Å². The van der Waals surface area contributed by atoms with Crippen molar-refractivity contribution in [2.24, 2.45) is 0 Å². The third-order valence-electron chi connectivity index (χ3n) is 0.483. The first-order chi connectivity index (χ1) is 3.00. The predicted octanol–water partition coefficient (Wildman–Crippen LogP) is -0.440. The third-order valence-corrected chi connectivity index (χ3v) is 0.483. The Bertz CT molecular complexity index is 81.6. The molecule has 0 spiro atoms. The average Bonchev–Trinajstić information content (AvgIpc) is 1.72. The fourth-order valence-electron chi connectivity index (χ4n) is 0.253. The van der Waals surface area contributed by atoms with Crippen LogP contribution in [0.2, 0.25) is 0 Å². The van der Waals surface area contributed by atoms with Crippen molar-refractivity contribution in [2.45, 2.75) is 0 Å². The molecule has 0 bridgehead atoms. The van der Waals surface area contributed by atoms with Crippen molar-refractivity contribution in [1.29, 1.82) is 0 Å². The van der Waals surface area contributed by atoms with Crippen LogP contribution in [0.4, 0.5) is 0 Å². The Morgan fingerprint density at radius 1 is 0.857 bits per heavy atom. The third kappa shape index (κ3) is 2.67. The molecule has 2 nitrogen and oxygen atoms in total. The van der Waals surface area contributed by atoms with Crippen LogP contribution < -0.4 is 0 Å². The van der Waals surface area contributed by atoms with E-state index < -0.39 is 0 Å². The topological polar surface area (TPSA) is 25.8 Å². The maximum absolute atomic E-state index is 3.53. The fraction of sp³-hybridized carbons (Fsp3) is 0. The summed E-state index contributed by atoms with van der Waals surface area (Å²) in [5.74, 6) is 0. The molecule has 1 aromatic heterocycles. The summed E-state index contributed by atoms with van der Waals surface area (Å²) >= 11 is 0. The van der Waals surface area contributed by atoms with E-state index in [4.69, 9.17) is 0 Å². The molecule has 2 radical (unpaired) electrons. The molecule has 0 aliphatic carbocycles. The molecule has 0 unspecified atom stereocenters. The van der Waals surface area contributed by atoms with Gasteiger partial charge in [0.15, 0.2) is 0 Å². The summed E-state index contributed by atoms with van der Waals surface area (Å²) in [6.07, 6.45) is 3.28. The Hall–Kier alpha value is 0.00208. The molecule has 0 amide bonds. The van der Waals surface area contributed by atoms with Gasteiger partial charge in [0, 0.05) is 12.4 Å². The van der Waals surface area contributed by atoms with Gasteiger partial charge in [-0.2, -0.15) is 10.2 Å². The summed E-state index contributed by atoms with van der Waals surface area (Å²) in [5, 5.41) is 7.07. The average molecular weight is 289 g/mol. The molecule has 1 heterocycles. The molecule has 7 heavy (non-hydrogen) atoms. The first-order valence-corrected chi connectivity index (χ1v) is 1.72. The zero-order chi connectivity index (χ0) is 4.24. The Balaban J connectivity index is 0.000000360. The van der Waals surface area contributed by atoms with Gasteiger partial charge in [-0.15, -0.1) is 0 Å². The van der Waals surface area contributed by atoms with E-state index in [1.807, 2.05) is 12.1 Å².